The first kappa shape index (κ1) is 14.9. The molecule has 1 rings (SSSR count). The van der Waals surface area contributed by atoms with Crippen LogP contribution in [0.5, 0.6) is 0 Å². The Hall–Kier alpha value is -1.16. The Labute approximate surface area is 111 Å². The maximum atomic E-state index is 12.5. The zero-order valence-corrected chi connectivity index (χ0v) is 13.0. The van der Waals surface area contributed by atoms with E-state index in [0.29, 0.717) is 18.7 Å². The predicted molar refractivity (Wildman–Crippen MR) is 77.3 cm³/mol. The predicted octanol–water partition coefficient (Wildman–Crippen LogP) is 2.63. The molecule has 0 spiro atoms. The maximum absolute atomic E-state index is 12.5. The molecule has 4 heteroatoms. The summed E-state index contributed by atoms with van der Waals surface area (Å²) in [7, 11) is -1.73. The van der Waals surface area contributed by atoms with Crippen molar-refractivity contribution in [3.63, 3.8) is 0 Å². The van der Waals surface area contributed by atoms with E-state index in [-0.39, 0.29) is 17.2 Å². The highest BCUT2D eigenvalue weighted by Gasteiger charge is 2.39. The summed E-state index contributed by atoms with van der Waals surface area (Å²) in [5, 5.41) is 0. The smallest absolute Gasteiger partial charge is 0.250 e. The SMILES string of the molecule is CCN(CC)C(=O)C1=CC=CC(=O)C1[Si](C)(C)C. The van der Waals surface area contributed by atoms with Crippen molar-refractivity contribution in [2.75, 3.05) is 13.1 Å². The number of hydrogen-bond donors (Lipinski definition) is 0. The zero-order valence-electron chi connectivity index (χ0n) is 12.0. The van der Waals surface area contributed by atoms with Gasteiger partial charge in [-0.25, -0.2) is 0 Å². The summed E-state index contributed by atoms with van der Waals surface area (Å²) in [6.45, 7) is 11.7. The summed E-state index contributed by atoms with van der Waals surface area (Å²) >= 11 is 0. The molecule has 1 unspecified atom stereocenters. The minimum atomic E-state index is -1.73. The maximum Gasteiger partial charge on any atom is 0.250 e. The van der Waals surface area contributed by atoms with E-state index in [1.54, 1.807) is 17.1 Å². The monoisotopic (exact) mass is 265 g/mol. The van der Waals surface area contributed by atoms with E-state index < -0.39 is 8.07 Å². The molecule has 1 amide bonds. The highest BCUT2D eigenvalue weighted by molar-refractivity contribution is 6.82. The number of rotatable bonds is 4. The van der Waals surface area contributed by atoms with Crippen LogP contribution < -0.4 is 0 Å². The Bertz CT molecular complexity index is 401. The normalized spacial score (nSPS) is 19.7. The zero-order chi connectivity index (χ0) is 13.9. The fraction of sp³-hybridized carbons (Fsp3) is 0.571. The molecule has 1 aliphatic rings. The van der Waals surface area contributed by atoms with Crippen LogP contribution in [0.4, 0.5) is 0 Å². The molecule has 0 aromatic carbocycles. The number of hydrogen-bond acceptors (Lipinski definition) is 2. The molecule has 1 aliphatic carbocycles. The van der Waals surface area contributed by atoms with Crippen LogP contribution in [0.1, 0.15) is 13.8 Å². The summed E-state index contributed by atoms with van der Waals surface area (Å²) in [6, 6.07) is 0. The van der Waals surface area contributed by atoms with Crippen molar-refractivity contribution < 1.29 is 9.59 Å². The molecule has 0 fully saturated rings. The van der Waals surface area contributed by atoms with Gasteiger partial charge in [-0.15, -0.1) is 0 Å². The number of carbonyl (C=O) groups is 2. The minimum Gasteiger partial charge on any atom is -0.339 e. The lowest BCUT2D eigenvalue weighted by Gasteiger charge is -2.32. The van der Waals surface area contributed by atoms with Crippen LogP contribution in [0.2, 0.25) is 25.2 Å². The van der Waals surface area contributed by atoms with Gasteiger partial charge in [-0.3, -0.25) is 9.59 Å². The lowest BCUT2D eigenvalue weighted by molar-refractivity contribution is -0.128. The van der Waals surface area contributed by atoms with Crippen LogP contribution in [-0.4, -0.2) is 37.8 Å². The van der Waals surface area contributed by atoms with Gasteiger partial charge in [0.05, 0.1) is 8.07 Å². The molecule has 18 heavy (non-hydrogen) atoms. The molecule has 0 saturated carbocycles. The molecular weight excluding hydrogens is 242 g/mol. The van der Waals surface area contributed by atoms with Gasteiger partial charge in [-0.2, -0.15) is 0 Å². The first-order chi connectivity index (χ1) is 8.32. The van der Waals surface area contributed by atoms with E-state index in [9.17, 15) is 9.59 Å². The molecule has 0 bridgehead atoms. The average molecular weight is 265 g/mol. The fourth-order valence-electron chi connectivity index (χ4n) is 2.37. The van der Waals surface area contributed by atoms with Crippen LogP contribution in [0.15, 0.2) is 23.8 Å². The third-order valence-corrected chi connectivity index (χ3v) is 5.62. The van der Waals surface area contributed by atoms with E-state index in [2.05, 4.69) is 19.6 Å². The summed E-state index contributed by atoms with van der Waals surface area (Å²) in [6.07, 6.45) is 5.13. The van der Waals surface area contributed by atoms with Gasteiger partial charge in [-0.05, 0) is 19.9 Å². The molecular formula is C14H23NO2Si. The second-order valence-electron chi connectivity index (χ2n) is 5.66. The topological polar surface area (TPSA) is 37.4 Å². The first-order valence-electron chi connectivity index (χ1n) is 6.54. The van der Waals surface area contributed by atoms with E-state index in [1.807, 2.05) is 19.9 Å². The van der Waals surface area contributed by atoms with Gasteiger partial charge in [0.25, 0.3) is 0 Å². The average Bonchev–Trinajstić information content (AvgIpc) is 2.28. The van der Waals surface area contributed by atoms with Crippen molar-refractivity contribution in [2.24, 2.45) is 0 Å². The minimum absolute atomic E-state index is 0.0186. The Morgan fingerprint density at radius 1 is 1.28 bits per heavy atom. The third-order valence-electron chi connectivity index (χ3n) is 3.30. The second kappa shape index (κ2) is 5.65. The highest BCUT2D eigenvalue weighted by atomic mass is 28.3. The van der Waals surface area contributed by atoms with Crippen LogP contribution in [0.25, 0.3) is 0 Å². The van der Waals surface area contributed by atoms with Crippen LogP contribution in [-0.2, 0) is 9.59 Å². The quantitative estimate of drug-likeness (QED) is 0.733. The van der Waals surface area contributed by atoms with Gasteiger partial charge in [0.15, 0.2) is 5.78 Å². The van der Waals surface area contributed by atoms with E-state index in [4.69, 9.17) is 0 Å². The lowest BCUT2D eigenvalue weighted by Crippen LogP contribution is -2.41. The number of allylic oxidation sites excluding steroid dienone is 3. The molecule has 0 aromatic rings. The van der Waals surface area contributed by atoms with Crippen molar-refractivity contribution in [1.29, 1.82) is 0 Å². The van der Waals surface area contributed by atoms with Gasteiger partial charge in [0, 0.05) is 24.2 Å². The van der Waals surface area contributed by atoms with E-state index in [1.165, 1.54) is 0 Å². The van der Waals surface area contributed by atoms with Gasteiger partial charge >= 0.3 is 0 Å². The summed E-state index contributed by atoms with van der Waals surface area (Å²) in [5.41, 5.74) is 0.487. The van der Waals surface area contributed by atoms with E-state index >= 15 is 0 Å². The number of likely N-dealkylation sites (N-methyl/N-ethyl adjacent to an activating group) is 1. The Morgan fingerprint density at radius 3 is 2.28 bits per heavy atom. The highest BCUT2D eigenvalue weighted by Crippen LogP contribution is 2.34. The van der Waals surface area contributed by atoms with Crippen molar-refractivity contribution >= 4 is 19.8 Å². The third kappa shape index (κ3) is 2.99. The van der Waals surface area contributed by atoms with Crippen LogP contribution in [0, 0.1) is 0 Å². The van der Waals surface area contributed by atoms with Gasteiger partial charge < -0.3 is 4.90 Å². The molecule has 0 aliphatic heterocycles. The fourth-order valence-corrected chi connectivity index (χ4v) is 4.48. The Balaban J connectivity index is 3.11. The van der Waals surface area contributed by atoms with Gasteiger partial charge in [-0.1, -0.05) is 31.8 Å². The molecule has 0 heterocycles. The van der Waals surface area contributed by atoms with E-state index in [0.717, 1.165) is 0 Å². The second-order valence-corrected chi connectivity index (χ2v) is 11.0. The summed E-state index contributed by atoms with van der Waals surface area (Å²) in [4.78, 5) is 26.3. The lowest BCUT2D eigenvalue weighted by atomic mass is 10.0. The standard InChI is InChI=1S/C14H23NO2Si/c1-6-15(7-2)14(17)11-9-8-10-12(16)13(11)18(3,4)5/h8-10,13H,6-7H2,1-5H3. The largest absolute Gasteiger partial charge is 0.339 e. The molecule has 0 aromatic heterocycles. The number of carbonyl (C=O) groups excluding carboxylic acids is 2. The van der Waals surface area contributed by atoms with Crippen LogP contribution in [0.3, 0.4) is 0 Å². The van der Waals surface area contributed by atoms with Gasteiger partial charge in [0.2, 0.25) is 5.91 Å². The van der Waals surface area contributed by atoms with Crippen molar-refractivity contribution in [2.45, 2.75) is 39.0 Å². The Morgan fingerprint density at radius 2 is 1.83 bits per heavy atom. The molecule has 100 valence electrons. The summed E-state index contributed by atoms with van der Waals surface area (Å²) < 4.78 is 0. The number of ketones is 1. The van der Waals surface area contributed by atoms with Crippen LogP contribution >= 0.6 is 0 Å². The number of nitrogens with zero attached hydrogens (tertiary/aromatic N) is 1. The molecule has 1 atom stereocenters. The molecule has 0 radical (unpaired) electrons. The molecule has 0 saturated heterocycles. The Kier molecular flexibility index (Phi) is 4.68. The number of amides is 1. The molecule has 3 nitrogen and oxygen atoms in total. The molecule has 0 N–H and O–H groups in total. The van der Waals surface area contributed by atoms with Crippen molar-refractivity contribution in [3.05, 3.63) is 23.8 Å². The summed E-state index contributed by atoms with van der Waals surface area (Å²) in [5.74, 6) is 0.109. The van der Waals surface area contributed by atoms with Crippen molar-refractivity contribution in [1.82, 2.24) is 4.90 Å². The van der Waals surface area contributed by atoms with Gasteiger partial charge in [0.1, 0.15) is 0 Å². The first-order valence-corrected chi connectivity index (χ1v) is 10.1. The van der Waals surface area contributed by atoms with Crippen molar-refractivity contribution in [3.8, 4) is 0 Å².